The van der Waals surface area contributed by atoms with Crippen molar-refractivity contribution in [1.82, 2.24) is 0 Å². The van der Waals surface area contributed by atoms with E-state index in [2.05, 4.69) is 27.3 Å². The standard InChI is InChI=1S/C23H33ClO2Si/c1-22(2,3)27(4,26-20-7-5-19(6-8-20)21(24)25)15-23-12-16-9-17(13-23)11-18(10-16)14-23/h5-8,16-18H,9-15H2,1-4H3. The summed E-state index contributed by atoms with van der Waals surface area (Å²) in [5.74, 6) is 3.82. The van der Waals surface area contributed by atoms with E-state index in [1.807, 2.05) is 12.1 Å². The molecule has 148 valence electrons. The van der Waals surface area contributed by atoms with E-state index >= 15 is 0 Å². The number of hydrogen-bond acceptors (Lipinski definition) is 2. The Morgan fingerprint density at radius 1 is 1.07 bits per heavy atom. The first-order valence-corrected chi connectivity index (χ1v) is 13.6. The Kier molecular flexibility index (Phi) is 4.79. The Hall–Kier alpha value is -0.803. The summed E-state index contributed by atoms with van der Waals surface area (Å²) in [4.78, 5) is 11.4. The molecule has 1 aromatic carbocycles. The molecule has 0 aromatic heterocycles. The molecular weight excluding hydrogens is 372 g/mol. The Bertz CT molecular complexity index is 686. The molecule has 0 radical (unpaired) electrons. The van der Waals surface area contributed by atoms with Gasteiger partial charge in [-0.2, -0.15) is 0 Å². The van der Waals surface area contributed by atoms with E-state index in [0.29, 0.717) is 11.0 Å². The lowest BCUT2D eigenvalue weighted by Crippen LogP contribution is -2.55. The number of benzene rings is 1. The minimum atomic E-state index is -2.04. The van der Waals surface area contributed by atoms with Gasteiger partial charge in [-0.25, -0.2) is 0 Å². The van der Waals surface area contributed by atoms with Gasteiger partial charge in [-0.3, -0.25) is 4.79 Å². The molecule has 5 rings (SSSR count). The number of hydrogen-bond donors (Lipinski definition) is 0. The second-order valence-electron chi connectivity index (χ2n) is 11.0. The fraction of sp³-hybridized carbons (Fsp3) is 0.696. The van der Waals surface area contributed by atoms with Gasteiger partial charge in [0.2, 0.25) is 0 Å². The van der Waals surface area contributed by atoms with E-state index in [1.54, 1.807) is 12.1 Å². The third-order valence-corrected chi connectivity index (χ3v) is 13.4. The third-order valence-electron chi connectivity index (χ3n) is 7.89. The fourth-order valence-corrected chi connectivity index (χ4v) is 10.1. The number of carbonyl (C=O) groups is 1. The van der Waals surface area contributed by atoms with E-state index in [4.69, 9.17) is 16.0 Å². The molecule has 0 saturated heterocycles. The monoisotopic (exact) mass is 404 g/mol. The van der Waals surface area contributed by atoms with Gasteiger partial charge in [0, 0.05) is 5.56 Å². The smallest absolute Gasteiger partial charge is 0.254 e. The molecule has 4 saturated carbocycles. The third kappa shape index (κ3) is 3.74. The van der Waals surface area contributed by atoms with Gasteiger partial charge in [0.1, 0.15) is 5.75 Å². The van der Waals surface area contributed by atoms with Crippen LogP contribution in [-0.4, -0.2) is 13.6 Å². The molecule has 4 bridgehead atoms. The zero-order chi connectivity index (χ0) is 19.4. The number of carbonyl (C=O) groups excluding carboxylic acids is 1. The van der Waals surface area contributed by atoms with Gasteiger partial charge in [0.05, 0.1) is 0 Å². The Labute approximate surface area is 170 Å². The van der Waals surface area contributed by atoms with Crippen LogP contribution in [0.5, 0.6) is 5.75 Å². The van der Waals surface area contributed by atoms with Gasteiger partial charge in [-0.05, 0) is 115 Å². The quantitative estimate of drug-likeness (QED) is 0.388. The molecule has 4 aliphatic carbocycles. The summed E-state index contributed by atoms with van der Waals surface area (Å²) in [6.07, 6.45) is 8.76. The molecule has 1 unspecified atom stereocenters. The Morgan fingerprint density at radius 3 is 1.96 bits per heavy atom. The fourth-order valence-electron chi connectivity index (χ4n) is 6.59. The van der Waals surface area contributed by atoms with Crippen LogP contribution in [0, 0.1) is 23.2 Å². The zero-order valence-corrected chi connectivity index (χ0v) is 18.9. The van der Waals surface area contributed by atoms with Crippen LogP contribution < -0.4 is 4.43 Å². The average molecular weight is 405 g/mol. The summed E-state index contributed by atoms with van der Waals surface area (Å²) < 4.78 is 6.82. The highest BCUT2D eigenvalue weighted by Gasteiger charge is 2.56. The lowest BCUT2D eigenvalue weighted by atomic mass is 9.50. The summed E-state index contributed by atoms with van der Waals surface area (Å²) in [5.41, 5.74) is 1.05. The summed E-state index contributed by atoms with van der Waals surface area (Å²) in [6.45, 7) is 9.51. The van der Waals surface area contributed by atoms with Crippen LogP contribution >= 0.6 is 11.6 Å². The minimum Gasteiger partial charge on any atom is -0.543 e. The van der Waals surface area contributed by atoms with Crippen molar-refractivity contribution in [2.24, 2.45) is 23.2 Å². The molecular formula is C23H33ClO2Si. The van der Waals surface area contributed by atoms with Crippen LogP contribution in [0.1, 0.15) is 69.7 Å². The molecule has 1 aromatic rings. The van der Waals surface area contributed by atoms with Crippen molar-refractivity contribution in [3.63, 3.8) is 0 Å². The maximum Gasteiger partial charge on any atom is 0.254 e. The molecule has 0 aliphatic heterocycles. The van der Waals surface area contributed by atoms with E-state index < -0.39 is 13.6 Å². The van der Waals surface area contributed by atoms with Gasteiger partial charge >= 0.3 is 0 Å². The number of halogens is 1. The van der Waals surface area contributed by atoms with Crippen molar-refractivity contribution in [2.75, 3.05) is 0 Å². The van der Waals surface area contributed by atoms with E-state index in [9.17, 15) is 4.79 Å². The summed E-state index contributed by atoms with van der Waals surface area (Å²) in [5, 5.41) is -0.247. The topological polar surface area (TPSA) is 26.3 Å². The molecule has 0 heterocycles. The lowest BCUT2D eigenvalue weighted by Gasteiger charge is -2.59. The average Bonchev–Trinajstić information content (AvgIpc) is 2.52. The Balaban J connectivity index is 1.58. The largest absolute Gasteiger partial charge is 0.543 e. The summed E-state index contributed by atoms with van der Waals surface area (Å²) >= 11 is 5.59. The molecule has 27 heavy (non-hydrogen) atoms. The van der Waals surface area contributed by atoms with Crippen LogP contribution in [0.15, 0.2) is 24.3 Å². The molecule has 4 aliphatic rings. The van der Waals surface area contributed by atoms with Crippen molar-refractivity contribution in [1.29, 1.82) is 0 Å². The second-order valence-corrected chi connectivity index (χ2v) is 15.8. The van der Waals surface area contributed by atoms with Crippen molar-refractivity contribution < 1.29 is 9.22 Å². The first-order valence-electron chi connectivity index (χ1n) is 10.6. The maximum atomic E-state index is 11.4. The van der Waals surface area contributed by atoms with Crippen molar-refractivity contribution >= 4 is 25.2 Å². The highest BCUT2D eigenvalue weighted by atomic mass is 35.5. The van der Waals surface area contributed by atoms with E-state index in [-0.39, 0.29) is 5.04 Å². The molecule has 0 spiro atoms. The maximum absolute atomic E-state index is 11.4. The normalized spacial score (nSPS) is 34.3. The van der Waals surface area contributed by atoms with Crippen LogP contribution in [0.4, 0.5) is 0 Å². The predicted octanol–water partition coefficient (Wildman–Crippen LogP) is 7.04. The van der Waals surface area contributed by atoms with Gasteiger partial charge in [0.15, 0.2) is 0 Å². The molecule has 0 N–H and O–H groups in total. The van der Waals surface area contributed by atoms with Gasteiger partial charge in [-0.15, -0.1) is 0 Å². The molecule has 1 atom stereocenters. The zero-order valence-electron chi connectivity index (χ0n) is 17.2. The van der Waals surface area contributed by atoms with Crippen molar-refractivity contribution in [2.45, 2.75) is 76.9 Å². The second kappa shape index (κ2) is 6.62. The van der Waals surface area contributed by atoms with Crippen LogP contribution in [0.25, 0.3) is 0 Å². The first kappa shape index (κ1) is 19.5. The highest BCUT2D eigenvalue weighted by molar-refractivity contribution is 6.76. The molecule has 4 fully saturated rings. The minimum absolute atomic E-state index is 0.164. The molecule has 2 nitrogen and oxygen atoms in total. The summed E-state index contributed by atoms with van der Waals surface area (Å²) in [7, 11) is -2.04. The van der Waals surface area contributed by atoms with Crippen LogP contribution in [-0.2, 0) is 0 Å². The van der Waals surface area contributed by atoms with Gasteiger partial charge < -0.3 is 4.43 Å². The van der Waals surface area contributed by atoms with E-state index in [1.165, 1.54) is 44.6 Å². The summed E-state index contributed by atoms with van der Waals surface area (Å²) in [6, 6.07) is 8.68. The Morgan fingerprint density at radius 2 is 1.56 bits per heavy atom. The first-order chi connectivity index (χ1) is 12.6. The van der Waals surface area contributed by atoms with E-state index in [0.717, 1.165) is 23.5 Å². The van der Waals surface area contributed by atoms with Crippen LogP contribution in [0.2, 0.25) is 17.6 Å². The highest BCUT2D eigenvalue weighted by Crippen LogP contribution is 2.63. The predicted molar refractivity (Wildman–Crippen MR) is 114 cm³/mol. The number of rotatable bonds is 5. The van der Waals surface area contributed by atoms with Crippen molar-refractivity contribution in [3.05, 3.63) is 29.8 Å². The van der Waals surface area contributed by atoms with Gasteiger partial charge in [0.25, 0.3) is 13.6 Å². The SMILES string of the molecule is CC(C)(C)[Si](C)(CC12CC3CC(CC(C3)C1)C2)Oc1ccc(C(=O)Cl)cc1. The van der Waals surface area contributed by atoms with Crippen molar-refractivity contribution in [3.8, 4) is 5.75 Å². The lowest BCUT2D eigenvalue weighted by molar-refractivity contribution is -0.0434. The van der Waals surface area contributed by atoms with Gasteiger partial charge in [-0.1, -0.05) is 20.8 Å². The van der Waals surface area contributed by atoms with Crippen LogP contribution in [0.3, 0.4) is 0 Å². The molecule has 0 amide bonds. The molecule has 4 heteroatoms.